The summed E-state index contributed by atoms with van der Waals surface area (Å²) in [5.74, 6) is 0.512. The molecule has 0 bridgehead atoms. The molecule has 0 saturated heterocycles. The number of anilines is 1. The van der Waals surface area contributed by atoms with E-state index in [9.17, 15) is 4.79 Å². The molecule has 6 nitrogen and oxygen atoms in total. The molecule has 0 aromatic carbocycles. The number of hydrogen-bond donors (Lipinski definition) is 1. The Balaban J connectivity index is 1.90. The molecule has 0 fully saturated rings. The molecule has 0 radical (unpaired) electrons. The number of likely N-dealkylation sites (N-methyl/N-ethyl adjacent to an activating group) is 1. The lowest BCUT2D eigenvalue weighted by Gasteiger charge is -2.20. The van der Waals surface area contributed by atoms with Gasteiger partial charge in [0, 0.05) is 25.2 Å². The maximum atomic E-state index is 10.8. The number of fused-ring (bicyclic) bond motifs is 1. The lowest BCUT2D eigenvalue weighted by atomic mass is 10.3. The topological polar surface area (TPSA) is 75.3 Å². The van der Waals surface area contributed by atoms with Crippen LogP contribution in [0.3, 0.4) is 0 Å². The molecule has 0 spiro atoms. The molecule has 20 heavy (non-hydrogen) atoms. The van der Waals surface area contributed by atoms with Gasteiger partial charge in [0.05, 0.1) is 6.54 Å². The summed E-state index contributed by atoms with van der Waals surface area (Å²) in [4.78, 5) is 23.0. The molecule has 2 N–H and O–H groups in total. The minimum atomic E-state index is -0.315. The second-order valence-corrected chi connectivity index (χ2v) is 5.58. The summed E-state index contributed by atoms with van der Waals surface area (Å²) in [6.07, 6.45) is 1.74. The Hall–Kier alpha value is -1.11. The highest BCUT2D eigenvalue weighted by Gasteiger charge is 2.24. The standard InChI is InChI=1S/C12H17Cl2N5O/c1-18(7-9(15)20)4-2-5-19-6-3-8-10(13)16-12(14)17-11(8)19/h2-7H2,1H3,(H2,15,20). The average molecular weight is 318 g/mol. The van der Waals surface area contributed by atoms with Crippen molar-refractivity contribution in [3.63, 3.8) is 0 Å². The van der Waals surface area contributed by atoms with E-state index in [2.05, 4.69) is 14.9 Å². The van der Waals surface area contributed by atoms with Crippen LogP contribution >= 0.6 is 23.2 Å². The molecule has 1 aromatic rings. The van der Waals surface area contributed by atoms with Gasteiger partial charge in [0.2, 0.25) is 11.2 Å². The molecule has 0 atom stereocenters. The molecule has 2 heterocycles. The molecule has 1 amide bonds. The fourth-order valence-electron chi connectivity index (χ4n) is 2.34. The quantitative estimate of drug-likeness (QED) is 0.624. The molecule has 8 heteroatoms. The highest BCUT2D eigenvalue weighted by Crippen LogP contribution is 2.31. The van der Waals surface area contributed by atoms with Gasteiger partial charge in [0.1, 0.15) is 11.0 Å². The summed E-state index contributed by atoms with van der Waals surface area (Å²) >= 11 is 11.9. The van der Waals surface area contributed by atoms with Crippen molar-refractivity contribution in [1.29, 1.82) is 0 Å². The average Bonchev–Trinajstić information content (AvgIpc) is 2.71. The lowest BCUT2D eigenvalue weighted by molar-refractivity contribution is -0.118. The number of amides is 1. The number of halogens is 2. The van der Waals surface area contributed by atoms with Crippen LogP contribution < -0.4 is 10.6 Å². The van der Waals surface area contributed by atoms with Crippen LogP contribution in [0, 0.1) is 0 Å². The number of primary amides is 1. The highest BCUT2D eigenvalue weighted by atomic mass is 35.5. The van der Waals surface area contributed by atoms with E-state index < -0.39 is 0 Å². The Labute approximate surface area is 127 Å². The van der Waals surface area contributed by atoms with Gasteiger partial charge in [-0.25, -0.2) is 9.97 Å². The van der Waals surface area contributed by atoms with Crippen molar-refractivity contribution < 1.29 is 4.79 Å². The monoisotopic (exact) mass is 317 g/mol. The van der Waals surface area contributed by atoms with Crippen molar-refractivity contribution in [1.82, 2.24) is 14.9 Å². The van der Waals surface area contributed by atoms with Crippen molar-refractivity contribution in [2.24, 2.45) is 5.73 Å². The van der Waals surface area contributed by atoms with Crippen molar-refractivity contribution in [3.05, 3.63) is 16.0 Å². The molecule has 0 aliphatic carbocycles. The zero-order valence-electron chi connectivity index (χ0n) is 11.3. The van der Waals surface area contributed by atoms with Crippen LogP contribution in [0.25, 0.3) is 0 Å². The van der Waals surface area contributed by atoms with Gasteiger partial charge in [-0.15, -0.1) is 0 Å². The number of nitrogens with two attached hydrogens (primary N) is 1. The van der Waals surface area contributed by atoms with Gasteiger partial charge >= 0.3 is 0 Å². The Morgan fingerprint density at radius 2 is 2.20 bits per heavy atom. The van der Waals surface area contributed by atoms with Crippen LogP contribution in [0.5, 0.6) is 0 Å². The normalized spacial score (nSPS) is 13.9. The summed E-state index contributed by atoms with van der Waals surface area (Å²) in [6.45, 7) is 2.76. The number of carbonyl (C=O) groups is 1. The first-order valence-corrected chi connectivity index (χ1v) is 7.16. The number of aromatic nitrogens is 2. The highest BCUT2D eigenvalue weighted by molar-refractivity contribution is 6.32. The zero-order chi connectivity index (χ0) is 14.7. The predicted octanol–water partition coefficient (Wildman–Crippen LogP) is 0.953. The Morgan fingerprint density at radius 1 is 1.45 bits per heavy atom. The maximum absolute atomic E-state index is 10.8. The van der Waals surface area contributed by atoms with Gasteiger partial charge in [0.25, 0.3) is 0 Å². The summed E-state index contributed by atoms with van der Waals surface area (Å²) in [7, 11) is 1.87. The minimum Gasteiger partial charge on any atom is -0.369 e. The van der Waals surface area contributed by atoms with Crippen LogP contribution in [-0.2, 0) is 11.2 Å². The van der Waals surface area contributed by atoms with Gasteiger partial charge in [-0.1, -0.05) is 11.6 Å². The third-order valence-corrected chi connectivity index (χ3v) is 3.71. The summed E-state index contributed by atoms with van der Waals surface area (Å²) in [5.41, 5.74) is 6.11. The van der Waals surface area contributed by atoms with Crippen LogP contribution in [-0.4, -0.2) is 54.0 Å². The first-order valence-electron chi connectivity index (χ1n) is 6.41. The minimum absolute atomic E-state index is 0.173. The van der Waals surface area contributed by atoms with Gasteiger partial charge < -0.3 is 10.6 Å². The van der Waals surface area contributed by atoms with Gasteiger partial charge in [0.15, 0.2) is 0 Å². The van der Waals surface area contributed by atoms with Crippen LogP contribution in [0.15, 0.2) is 0 Å². The Kier molecular flexibility index (Phi) is 5.01. The molecular weight excluding hydrogens is 301 g/mol. The van der Waals surface area contributed by atoms with Crippen molar-refractivity contribution in [2.75, 3.05) is 38.1 Å². The van der Waals surface area contributed by atoms with Gasteiger partial charge in [-0.3, -0.25) is 9.69 Å². The molecule has 110 valence electrons. The van der Waals surface area contributed by atoms with E-state index in [1.165, 1.54) is 0 Å². The van der Waals surface area contributed by atoms with E-state index in [1.54, 1.807) is 0 Å². The molecular formula is C12H17Cl2N5O. The molecule has 1 aromatic heterocycles. The van der Waals surface area contributed by atoms with E-state index in [-0.39, 0.29) is 17.7 Å². The maximum Gasteiger partial charge on any atom is 0.231 e. The second kappa shape index (κ2) is 6.56. The lowest BCUT2D eigenvalue weighted by Crippen LogP contribution is -2.33. The van der Waals surface area contributed by atoms with Crippen molar-refractivity contribution in [2.45, 2.75) is 12.8 Å². The number of nitrogens with zero attached hydrogens (tertiary/aromatic N) is 4. The van der Waals surface area contributed by atoms with Gasteiger partial charge in [-0.2, -0.15) is 0 Å². The van der Waals surface area contributed by atoms with E-state index in [0.717, 1.165) is 43.9 Å². The first-order chi connectivity index (χ1) is 9.47. The fraction of sp³-hybridized carbons (Fsp3) is 0.583. The largest absolute Gasteiger partial charge is 0.369 e. The van der Waals surface area contributed by atoms with E-state index in [1.807, 2.05) is 11.9 Å². The van der Waals surface area contributed by atoms with Gasteiger partial charge in [-0.05, 0) is 31.5 Å². The predicted molar refractivity (Wildman–Crippen MR) is 79.3 cm³/mol. The van der Waals surface area contributed by atoms with E-state index in [0.29, 0.717) is 5.15 Å². The summed E-state index contributed by atoms with van der Waals surface area (Å²) in [5, 5.41) is 0.611. The molecule has 1 aliphatic rings. The summed E-state index contributed by atoms with van der Waals surface area (Å²) < 4.78 is 0. The van der Waals surface area contributed by atoms with Crippen molar-refractivity contribution >= 4 is 34.9 Å². The Bertz CT molecular complexity index is 511. The van der Waals surface area contributed by atoms with Crippen molar-refractivity contribution in [3.8, 4) is 0 Å². The Morgan fingerprint density at radius 3 is 2.90 bits per heavy atom. The smallest absolute Gasteiger partial charge is 0.231 e. The molecule has 1 aliphatic heterocycles. The van der Waals surface area contributed by atoms with E-state index >= 15 is 0 Å². The second-order valence-electron chi connectivity index (χ2n) is 4.88. The summed E-state index contributed by atoms with van der Waals surface area (Å²) in [6, 6.07) is 0. The van der Waals surface area contributed by atoms with Crippen LogP contribution in [0.1, 0.15) is 12.0 Å². The third-order valence-electron chi connectivity index (χ3n) is 3.23. The molecule has 0 saturated carbocycles. The van der Waals surface area contributed by atoms with E-state index in [4.69, 9.17) is 28.9 Å². The third kappa shape index (κ3) is 3.71. The number of hydrogen-bond acceptors (Lipinski definition) is 5. The fourth-order valence-corrected chi connectivity index (χ4v) is 2.81. The molecule has 2 rings (SSSR count). The van der Waals surface area contributed by atoms with Crippen LogP contribution in [0.2, 0.25) is 10.4 Å². The van der Waals surface area contributed by atoms with Crippen LogP contribution in [0.4, 0.5) is 5.82 Å². The number of carbonyl (C=O) groups excluding carboxylic acids is 1. The number of rotatable bonds is 6. The SMILES string of the molecule is CN(CCCN1CCc2c(Cl)nc(Cl)nc21)CC(N)=O. The molecule has 0 unspecified atom stereocenters. The zero-order valence-corrected chi connectivity index (χ0v) is 12.8. The first kappa shape index (κ1) is 15.3.